The van der Waals surface area contributed by atoms with Crippen LogP contribution in [0.5, 0.6) is 0 Å². The summed E-state index contributed by atoms with van der Waals surface area (Å²) < 4.78 is 52.1. The minimum atomic E-state index is -4.43. The summed E-state index contributed by atoms with van der Waals surface area (Å²) in [6, 6.07) is 1.99. The molecule has 0 bridgehead atoms. The molecule has 0 atom stereocenters. The number of halogens is 1. The van der Waals surface area contributed by atoms with E-state index in [0.717, 1.165) is 23.2 Å². The van der Waals surface area contributed by atoms with Gasteiger partial charge in [0.25, 0.3) is 0 Å². The van der Waals surface area contributed by atoms with Gasteiger partial charge in [-0.2, -0.15) is 8.42 Å². The molecule has 0 saturated heterocycles. The Morgan fingerprint density at radius 1 is 1.23 bits per heavy atom. The fourth-order valence-corrected chi connectivity index (χ4v) is 3.44. The monoisotopic (exact) mass is 441 g/mol. The van der Waals surface area contributed by atoms with Crippen molar-refractivity contribution >= 4 is 33.6 Å². The lowest BCUT2D eigenvalue weighted by atomic mass is 10.1. The van der Waals surface area contributed by atoms with Gasteiger partial charge in [-0.1, -0.05) is 0 Å². The van der Waals surface area contributed by atoms with Crippen LogP contribution in [0.3, 0.4) is 0 Å². The molecule has 2 aliphatic rings. The number of anilines is 1. The average molecular weight is 441 g/mol. The molecular weight excluding hydrogens is 421 g/mol. The number of carbonyl (C=O) groups is 2. The molecule has 1 aliphatic heterocycles. The minimum absolute atomic E-state index is 0.0816. The van der Waals surface area contributed by atoms with Gasteiger partial charge in [0.2, 0.25) is 11.8 Å². The lowest BCUT2D eigenvalue weighted by Crippen LogP contribution is -2.50. The summed E-state index contributed by atoms with van der Waals surface area (Å²) in [5.74, 6) is -0.844. The van der Waals surface area contributed by atoms with Crippen molar-refractivity contribution in [2.75, 3.05) is 25.6 Å². The van der Waals surface area contributed by atoms with Gasteiger partial charge in [-0.25, -0.2) is 29.3 Å². The van der Waals surface area contributed by atoms with Gasteiger partial charge in [-0.05, 0) is 31.0 Å². The zero-order chi connectivity index (χ0) is 21.9. The number of amides is 2. The molecule has 162 valence electrons. The number of nitrogens with zero attached hydrogens (tertiary/aromatic N) is 2. The summed E-state index contributed by atoms with van der Waals surface area (Å²) in [7, 11) is -1.67. The summed E-state index contributed by atoms with van der Waals surface area (Å²) in [6.45, 7) is -0.0816. The highest BCUT2D eigenvalue weighted by Gasteiger charge is 2.32. The molecule has 1 fully saturated rings. The van der Waals surface area contributed by atoms with Gasteiger partial charge < -0.3 is 9.47 Å². The Morgan fingerprint density at radius 2 is 1.97 bits per heavy atom. The molecule has 0 unspecified atom stereocenters. The van der Waals surface area contributed by atoms with E-state index in [1.54, 1.807) is 4.72 Å². The second-order valence-corrected chi connectivity index (χ2v) is 7.85. The second-order valence-electron chi connectivity index (χ2n) is 6.43. The topological polar surface area (TPSA) is 138 Å². The molecule has 3 N–H and O–H groups in total. The van der Waals surface area contributed by atoms with Crippen molar-refractivity contribution in [1.82, 2.24) is 15.2 Å². The number of hydrogen-bond donors (Lipinski definition) is 3. The van der Waals surface area contributed by atoms with Crippen molar-refractivity contribution in [1.29, 1.82) is 0 Å². The summed E-state index contributed by atoms with van der Waals surface area (Å²) in [5.41, 5.74) is 2.04. The highest BCUT2D eigenvalue weighted by Crippen LogP contribution is 2.35. The van der Waals surface area contributed by atoms with Crippen LogP contribution < -0.4 is 14.9 Å². The van der Waals surface area contributed by atoms with E-state index in [9.17, 15) is 22.4 Å². The number of benzene rings is 1. The van der Waals surface area contributed by atoms with Crippen molar-refractivity contribution in [3.05, 3.63) is 41.5 Å². The van der Waals surface area contributed by atoms with Gasteiger partial charge in [0.15, 0.2) is 5.78 Å². The van der Waals surface area contributed by atoms with E-state index in [0.29, 0.717) is 12.8 Å². The van der Waals surface area contributed by atoms with Crippen LogP contribution in [0.4, 0.5) is 14.9 Å². The fraction of sp³-hybridized carbons (Fsp3) is 0.353. The Balaban J connectivity index is 1.67. The van der Waals surface area contributed by atoms with E-state index in [4.69, 9.17) is 9.47 Å². The van der Waals surface area contributed by atoms with Crippen molar-refractivity contribution in [2.45, 2.75) is 12.8 Å². The highest BCUT2D eigenvalue weighted by atomic mass is 32.2. The number of hydrogen-bond acceptors (Lipinski definition) is 8. The van der Waals surface area contributed by atoms with Crippen LogP contribution in [0, 0.1) is 11.7 Å². The SMILES string of the molecule is COC1=CC(OC)=NCN1NC(=O)NS(=O)(=O)Nc1ccc(F)cc1C(=O)C1CC1. The highest BCUT2D eigenvalue weighted by molar-refractivity contribution is 7.91. The molecule has 13 heteroatoms. The first-order chi connectivity index (χ1) is 14.2. The number of carbonyl (C=O) groups excluding carboxylic acids is 2. The van der Waals surface area contributed by atoms with Crippen molar-refractivity contribution < 1.29 is 31.9 Å². The summed E-state index contributed by atoms with van der Waals surface area (Å²) in [5, 5.41) is 1.15. The van der Waals surface area contributed by atoms with Gasteiger partial charge in [0.05, 0.1) is 26.0 Å². The quantitative estimate of drug-likeness (QED) is 0.539. The van der Waals surface area contributed by atoms with Gasteiger partial charge in [-0.15, -0.1) is 0 Å². The Morgan fingerprint density at radius 3 is 2.60 bits per heavy atom. The number of hydrazine groups is 1. The number of methoxy groups -OCH3 is 2. The molecule has 0 radical (unpaired) electrons. The lowest BCUT2D eigenvalue weighted by molar-refractivity contribution is 0.0968. The second kappa shape index (κ2) is 8.57. The largest absolute Gasteiger partial charge is 0.481 e. The molecule has 1 aromatic carbocycles. The lowest BCUT2D eigenvalue weighted by Gasteiger charge is -2.27. The Kier molecular flexibility index (Phi) is 6.10. The first-order valence-corrected chi connectivity index (χ1v) is 10.3. The van der Waals surface area contributed by atoms with Gasteiger partial charge in [-0.3, -0.25) is 9.52 Å². The van der Waals surface area contributed by atoms with Crippen LogP contribution in [0.15, 0.2) is 35.2 Å². The van der Waals surface area contributed by atoms with E-state index in [1.807, 2.05) is 0 Å². The van der Waals surface area contributed by atoms with E-state index in [1.165, 1.54) is 20.3 Å². The molecule has 1 heterocycles. The van der Waals surface area contributed by atoms with Gasteiger partial charge in [0, 0.05) is 11.5 Å². The van der Waals surface area contributed by atoms with Crippen LogP contribution in [-0.4, -0.2) is 52.0 Å². The minimum Gasteiger partial charge on any atom is -0.481 e. The van der Waals surface area contributed by atoms with Crippen molar-refractivity contribution in [3.8, 4) is 0 Å². The first kappa shape index (κ1) is 21.4. The third kappa shape index (κ3) is 5.17. The predicted octanol–water partition coefficient (Wildman–Crippen LogP) is 1.10. The van der Waals surface area contributed by atoms with E-state index in [-0.39, 0.29) is 41.4 Å². The van der Waals surface area contributed by atoms with Crippen LogP contribution in [0.2, 0.25) is 0 Å². The smallest absolute Gasteiger partial charge is 0.348 e. The standard InChI is InChI=1S/C17H20FN5O6S/c1-28-14-8-15(29-2)23(9-19-14)20-17(25)22-30(26,27)21-13-6-5-11(18)7-12(13)16(24)10-3-4-10/h5-8,10,21H,3-4,9H2,1-2H3,(H2,20,22,25). The zero-order valence-electron chi connectivity index (χ0n) is 16.1. The van der Waals surface area contributed by atoms with Crippen LogP contribution in [-0.2, 0) is 19.7 Å². The average Bonchev–Trinajstić information content (AvgIpc) is 3.53. The molecule has 0 aromatic heterocycles. The maximum atomic E-state index is 13.6. The number of urea groups is 1. The molecule has 2 amide bonds. The van der Waals surface area contributed by atoms with Gasteiger partial charge >= 0.3 is 16.2 Å². The fourth-order valence-electron chi connectivity index (χ4n) is 2.63. The van der Waals surface area contributed by atoms with Crippen LogP contribution in [0.25, 0.3) is 0 Å². The normalized spacial score (nSPS) is 16.2. The summed E-state index contributed by atoms with van der Waals surface area (Å²) in [4.78, 5) is 28.5. The number of nitrogens with one attached hydrogen (secondary N) is 3. The Hall–Kier alpha value is -3.35. The molecule has 1 saturated carbocycles. The number of aliphatic imine (C=N–C) groups is 1. The molecular formula is C17H20FN5O6S. The number of ether oxygens (including phenoxy) is 2. The summed E-state index contributed by atoms with van der Waals surface area (Å²) in [6.07, 6.45) is 2.73. The van der Waals surface area contributed by atoms with E-state index < -0.39 is 22.1 Å². The van der Waals surface area contributed by atoms with Crippen LogP contribution in [0.1, 0.15) is 23.2 Å². The van der Waals surface area contributed by atoms with E-state index in [2.05, 4.69) is 15.1 Å². The first-order valence-electron chi connectivity index (χ1n) is 8.79. The number of rotatable bonds is 7. The van der Waals surface area contributed by atoms with Crippen molar-refractivity contribution in [2.24, 2.45) is 10.9 Å². The van der Waals surface area contributed by atoms with E-state index >= 15 is 0 Å². The molecule has 0 spiro atoms. The zero-order valence-corrected chi connectivity index (χ0v) is 17.0. The Labute approximate surface area is 172 Å². The summed E-state index contributed by atoms with van der Waals surface area (Å²) >= 11 is 0. The molecule has 3 rings (SSSR count). The Bertz CT molecular complexity index is 1020. The molecule has 30 heavy (non-hydrogen) atoms. The number of ketones is 1. The third-order valence-electron chi connectivity index (χ3n) is 4.20. The maximum Gasteiger partial charge on any atom is 0.348 e. The third-order valence-corrected chi connectivity index (χ3v) is 5.15. The van der Waals surface area contributed by atoms with Crippen molar-refractivity contribution in [3.63, 3.8) is 0 Å². The predicted molar refractivity (Wildman–Crippen MR) is 104 cm³/mol. The maximum absolute atomic E-state index is 13.6. The molecule has 11 nitrogen and oxygen atoms in total. The van der Waals surface area contributed by atoms with Gasteiger partial charge in [0.1, 0.15) is 12.5 Å². The molecule has 1 aromatic rings. The van der Waals surface area contributed by atoms with Crippen LogP contribution >= 0.6 is 0 Å². The number of Topliss-reactive ketones (excluding diaryl/α,β-unsaturated/α-hetero) is 1. The molecule has 1 aliphatic carbocycles.